The summed E-state index contributed by atoms with van der Waals surface area (Å²) in [5, 5.41) is 8.78. The molecule has 27 heavy (non-hydrogen) atoms. The number of carbonyl (C=O) groups is 1. The van der Waals surface area contributed by atoms with Crippen LogP contribution in [0.1, 0.15) is 27.9 Å². The fourth-order valence-electron chi connectivity index (χ4n) is 3.22. The number of aryl methyl sites for hydroxylation is 1. The topological polar surface area (TPSA) is 46.9 Å². The van der Waals surface area contributed by atoms with Crippen LogP contribution in [0.25, 0.3) is 15.9 Å². The number of thiophene rings is 1. The van der Waals surface area contributed by atoms with E-state index in [4.69, 9.17) is 0 Å². The number of benzene rings is 2. The Morgan fingerprint density at radius 1 is 1.11 bits per heavy atom. The highest BCUT2D eigenvalue weighted by atomic mass is 32.1. The van der Waals surface area contributed by atoms with Gasteiger partial charge in [-0.25, -0.2) is 4.68 Å². The molecule has 0 aliphatic carbocycles. The van der Waals surface area contributed by atoms with E-state index in [2.05, 4.69) is 22.5 Å². The molecule has 0 unspecified atom stereocenters. The van der Waals surface area contributed by atoms with E-state index in [0.29, 0.717) is 0 Å². The normalized spacial score (nSPS) is 12.2. The molecule has 2 aromatic heterocycles. The summed E-state index contributed by atoms with van der Waals surface area (Å²) in [6.07, 6.45) is 0.814. The molecule has 0 bridgehead atoms. The Labute approximate surface area is 162 Å². The quantitative estimate of drug-likeness (QED) is 0.547. The van der Waals surface area contributed by atoms with Crippen molar-refractivity contribution in [2.75, 3.05) is 0 Å². The summed E-state index contributed by atoms with van der Waals surface area (Å²) in [6, 6.07) is 22.2. The van der Waals surface area contributed by atoms with Crippen LogP contribution in [0.5, 0.6) is 0 Å². The van der Waals surface area contributed by atoms with Gasteiger partial charge in [-0.2, -0.15) is 5.10 Å². The second-order valence-electron chi connectivity index (χ2n) is 6.73. The number of amides is 1. The number of hydrogen-bond donors (Lipinski definition) is 1. The molecule has 0 saturated carbocycles. The van der Waals surface area contributed by atoms with Crippen LogP contribution in [-0.4, -0.2) is 21.7 Å². The van der Waals surface area contributed by atoms with Gasteiger partial charge in [0.15, 0.2) is 0 Å². The SMILES string of the molecule is Cc1nn(-c2ccccc2)c2sc(C(=O)N[C@@H](C)Cc3ccccc3)cc12. The summed E-state index contributed by atoms with van der Waals surface area (Å²) in [4.78, 5) is 14.5. The first kappa shape index (κ1) is 17.5. The Balaban J connectivity index is 1.56. The fraction of sp³-hybridized carbons (Fsp3) is 0.182. The molecule has 0 aliphatic rings. The summed E-state index contributed by atoms with van der Waals surface area (Å²) < 4.78 is 1.92. The molecule has 1 amide bonds. The standard InChI is InChI=1S/C22H21N3OS/c1-15(13-17-9-5-3-6-10-17)23-21(26)20-14-19-16(2)24-25(22(19)27-20)18-11-7-4-8-12-18/h3-12,14-15H,13H2,1-2H3,(H,23,26)/t15-/m0/s1. The average Bonchev–Trinajstić information content (AvgIpc) is 3.24. The lowest BCUT2D eigenvalue weighted by molar-refractivity contribution is 0.0944. The van der Waals surface area contributed by atoms with Crippen LogP contribution in [0.2, 0.25) is 0 Å². The minimum atomic E-state index is -0.0290. The molecule has 1 N–H and O–H groups in total. The van der Waals surface area contributed by atoms with Gasteiger partial charge in [-0.05, 0) is 44.0 Å². The highest BCUT2D eigenvalue weighted by molar-refractivity contribution is 7.20. The Morgan fingerprint density at radius 3 is 2.48 bits per heavy atom. The smallest absolute Gasteiger partial charge is 0.261 e. The summed E-state index contributed by atoms with van der Waals surface area (Å²) >= 11 is 1.48. The maximum absolute atomic E-state index is 12.7. The van der Waals surface area contributed by atoms with Gasteiger partial charge in [-0.3, -0.25) is 4.79 Å². The van der Waals surface area contributed by atoms with E-state index in [-0.39, 0.29) is 11.9 Å². The first-order valence-electron chi connectivity index (χ1n) is 9.01. The van der Waals surface area contributed by atoms with Crippen molar-refractivity contribution in [1.82, 2.24) is 15.1 Å². The van der Waals surface area contributed by atoms with Crippen LogP contribution >= 0.6 is 11.3 Å². The van der Waals surface area contributed by atoms with Gasteiger partial charge in [0.25, 0.3) is 5.91 Å². The minimum Gasteiger partial charge on any atom is -0.349 e. The lowest BCUT2D eigenvalue weighted by Crippen LogP contribution is -2.33. The number of nitrogens with zero attached hydrogens (tertiary/aromatic N) is 2. The van der Waals surface area contributed by atoms with E-state index in [0.717, 1.165) is 32.9 Å². The summed E-state index contributed by atoms with van der Waals surface area (Å²) in [6.45, 7) is 4.02. The molecule has 0 fully saturated rings. The molecule has 4 rings (SSSR count). The number of carbonyl (C=O) groups excluding carboxylic acids is 1. The van der Waals surface area contributed by atoms with E-state index in [1.54, 1.807) is 0 Å². The first-order valence-corrected chi connectivity index (χ1v) is 9.83. The maximum Gasteiger partial charge on any atom is 0.261 e. The van der Waals surface area contributed by atoms with Crippen molar-refractivity contribution in [3.05, 3.63) is 82.9 Å². The van der Waals surface area contributed by atoms with E-state index >= 15 is 0 Å². The van der Waals surface area contributed by atoms with Crippen molar-refractivity contribution < 1.29 is 4.79 Å². The van der Waals surface area contributed by atoms with E-state index < -0.39 is 0 Å². The number of aromatic nitrogens is 2. The van der Waals surface area contributed by atoms with Crippen molar-refractivity contribution in [2.24, 2.45) is 0 Å². The third kappa shape index (κ3) is 3.64. The highest BCUT2D eigenvalue weighted by Gasteiger charge is 2.18. The molecule has 4 nitrogen and oxygen atoms in total. The molecule has 2 aromatic carbocycles. The van der Waals surface area contributed by atoms with Gasteiger partial charge < -0.3 is 5.32 Å². The first-order chi connectivity index (χ1) is 13.1. The highest BCUT2D eigenvalue weighted by Crippen LogP contribution is 2.30. The molecular weight excluding hydrogens is 354 g/mol. The van der Waals surface area contributed by atoms with Gasteiger partial charge in [0, 0.05) is 11.4 Å². The van der Waals surface area contributed by atoms with Gasteiger partial charge in [-0.15, -0.1) is 11.3 Å². The molecule has 2 heterocycles. The fourth-order valence-corrected chi connectivity index (χ4v) is 4.30. The van der Waals surface area contributed by atoms with E-state index in [9.17, 15) is 4.79 Å². The second-order valence-corrected chi connectivity index (χ2v) is 7.76. The summed E-state index contributed by atoms with van der Waals surface area (Å²) in [7, 11) is 0. The molecule has 0 spiro atoms. The van der Waals surface area contributed by atoms with Crippen LogP contribution in [-0.2, 0) is 6.42 Å². The van der Waals surface area contributed by atoms with Crippen LogP contribution in [0.15, 0.2) is 66.7 Å². The number of fused-ring (bicyclic) bond motifs is 1. The zero-order valence-electron chi connectivity index (χ0n) is 15.3. The van der Waals surface area contributed by atoms with Crippen LogP contribution in [0.4, 0.5) is 0 Å². The largest absolute Gasteiger partial charge is 0.349 e. The van der Waals surface area contributed by atoms with Crippen LogP contribution < -0.4 is 5.32 Å². The number of rotatable bonds is 5. The van der Waals surface area contributed by atoms with E-state index in [1.165, 1.54) is 16.9 Å². The average molecular weight is 375 g/mol. The Hall–Kier alpha value is -2.92. The Morgan fingerprint density at radius 2 is 1.78 bits per heavy atom. The van der Waals surface area contributed by atoms with Gasteiger partial charge in [0.1, 0.15) is 4.83 Å². The molecular formula is C22H21N3OS. The van der Waals surface area contributed by atoms with Crippen LogP contribution in [0.3, 0.4) is 0 Å². The second kappa shape index (κ2) is 7.37. The number of para-hydroxylation sites is 1. The Kier molecular flexibility index (Phi) is 4.77. The lowest BCUT2D eigenvalue weighted by Gasteiger charge is -2.13. The molecule has 1 atom stereocenters. The third-order valence-corrected chi connectivity index (χ3v) is 5.64. The van der Waals surface area contributed by atoms with Gasteiger partial charge >= 0.3 is 0 Å². The van der Waals surface area contributed by atoms with Gasteiger partial charge in [0.05, 0.1) is 16.3 Å². The van der Waals surface area contributed by atoms with Crippen molar-refractivity contribution >= 4 is 27.5 Å². The van der Waals surface area contributed by atoms with Crippen LogP contribution in [0, 0.1) is 6.92 Å². The molecule has 4 aromatic rings. The van der Waals surface area contributed by atoms with Crippen molar-refractivity contribution in [2.45, 2.75) is 26.3 Å². The summed E-state index contributed by atoms with van der Waals surface area (Å²) in [5.41, 5.74) is 3.15. The molecule has 0 aliphatic heterocycles. The molecule has 5 heteroatoms. The minimum absolute atomic E-state index is 0.0290. The summed E-state index contributed by atoms with van der Waals surface area (Å²) in [5.74, 6) is -0.0290. The number of nitrogens with one attached hydrogen (secondary N) is 1. The van der Waals surface area contributed by atoms with Crippen molar-refractivity contribution in [3.63, 3.8) is 0 Å². The van der Waals surface area contributed by atoms with E-state index in [1.807, 2.05) is 73.1 Å². The van der Waals surface area contributed by atoms with Gasteiger partial charge in [-0.1, -0.05) is 48.5 Å². The zero-order valence-corrected chi connectivity index (χ0v) is 16.2. The maximum atomic E-state index is 12.7. The number of hydrogen-bond acceptors (Lipinski definition) is 3. The van der Waals surface area contributed by atoms with Crippen molar-refractivity contribution in [1.29, 1.82) is 0 Å². The Bertz CT molecular complexity index is 1070. The monoisotopic (exact) mass is 375 g/mol. The van der Waals surface area contributed by atoms with Crippen molar-refractivity contribution in [3.8, 4) is 5.69 Å². The zero-order chi connectivity index (χ0) is 18.8. The molecule has 0 saturated heterocycles. The predicted molar refractivity (Wildman–Crippen MR) is 111 cm³/mol. The lowest BCUT2D eigenvalue weighted by atomic mass is 10.1. The third-order valence-electron chi connectivity index (χ3n) is 4.53. The molecule has 0 radical (unpaired) electrons. The molecule has 136 valence electrons. The predicted octanol–water partition coefficient (Wildman–Crippen LogP) is 4.76. The van der Waals surface area contributed by atoms with Gasteiger partial charge in [0.2, 0.25) is 0 Å².